The van der Waals surface area contributed by atoms with E-state index in [0.717, 1.165) is 42.9 Å². The molecule has 4 rings (SSSR count). The third-order valence-electron chi connectivity index (χ3n) is 5.79. The predicted molar refractivity (Wildman–Crippen MR) is 112 cm³/mol. The Morgan fingerprint density at radius 3 is 2.67 bits per heavy atom. The molecular weight excluding hydrogens is 384 g/mol. The zero-order valence-electron chi connectivity index (χ0n) is 17.2. The molecule has 0 spiro atoms. The number of carboxylic acids is 1. The van der Waals surface area contributed by atoms with Crippen LogP contribution in [0.2, 0.25) is 0 Å². The lowest BCUT2D eigenvalue weighted by atomic mass is 9.99. The smallest absolute Gasteiger partial charge is 0.364 e. The number of aliphatic carboxylic acids is 1. The van der Waals surface area contributed by atoms with Crippen molar-refractivity contribution in [2.24, 2.45) is 5.92 Å². The highest BCUT2D eigenvalue weighted by Crippen LogP contribution is 2.26. The van der Waals surface area contributed by atoms with Crippen LogP contribution in [-0.4, -0.2) is 54.3 Å². The molecule has 1 aromatic carbocycles. The van der Waals surface area contributed by atoms with Crippen molar-refractivity contribution in [2.75, 3.05) is 31.3 Å². The minimum absolute atomic E-state index is 0.134. The molecule has 0 saturated carbocycles. The van der Waals surface area contributed by atoms with Gasteiger partial charge >= 0.3 is 5.97 Å². The van der Waals surface area contributed by atoms with Crippen molar-refractivity contribution in [3.63, 3.8) is 0 Å². The topological polar surface area (TPSA) is 81.1 Å². The minimum Gasteiger partial charge on any atom is -0.491 e. The fourth-order valence-electron chi connectivity index (χ4n) is 3.97. The molecule has 30 heavy (non-hydrogen) atoms. The maximum absolute atomic E-state index is 11.2. The van der Waals surface area contributed by atoms with Crippen molar-refractivity contribution in [1.82, 2.24) is 4.98 Å². The van der Waals surface area contributed by atoms with Gasteiger partial charge in [0, 0.05) is 25.6 Å². The van der Waals surface area contributed by atoms with Crippen molar-refractivity contribution in [2.45, 2.75) is 38.0 Å². The van der Waals surface area contributed by atoms with Crippen LogP contribution in [0.15, 0.2) is 48.7 Å². The third-order valence-corrected chi connectivity index (χ3v) is 5.79. The number of ether oxygens (including phenoxy) is 3. The molecule has 2 aliphatic rings. The van der Waals surface area contributed by atoms with E-state index in [0.29, 0.717) is 25.9 Å². The number of hydrogen-bond acceptors (Lipinski definition) is 6. The molecule has 0 amide bonds. The maximum Gasteiger partial charge on any atom is 0.364 e. The normalized spacial score (nSPS) is 26.5. The first-order valence-electron chi connectivity index (χ1n) is 10.4. The summed E-state index contributed by atoms with van der Waals surface area (Å²) in [6, 6.07) is 14.4. The molecule has 1 unspecified atom stereocenters. The van der Waals surface area contributed by atoms with E-state index in [4.69, 9.17) is 19.3 Å². The summed E-state index contributed by atoms with van der Waals surface area (Å²) in [5.74, 6) is -0.630. The molecule has 1 aromatic heterocycles. The molecule has 1 N–H and O–H groups in total. The van der Waals surface area contributed by atoms with E-state index in [1.54, 1.807) is 0 Å². The summed E-state index contributed by atoms with van der Waals surface area (Å²) in [5, 5.41) is 9.14. The van der Waals surface area contributed by atoms with Crippen molar-refractivity contribution in [3.05, 3.63) is 54.2 Å². The molecule has 1 atom stereocenters. The van der Waals surface area contributed by atoms with E-state index >= 15 is 0 Å². The Labute approximate surface area is 176 Å². The van der Waals surface area contributed by atoms with Crippen LogP contribution in [0.1, 0.15) is 25.3 Å². The number of pyridine rings is 1. The monoisotopic (exact) mass is 412 g/mol. The Bertz CT molecular complexity index is 834. The Hall–Kier alpha value is -2.64. The van der Waals surface area contributed by atoms with E-state index in [1.165, 1.54) is 6.92 Å². The Morgan fingerprint density at radius 1 is 1.23 bits per heavy atom. The SMILES string of the molecule is CC1(C(=O)O)OCC(Cc2ccc(OCC3CCCN3c3ccccn3)cc2)CO1. The van der Waals surface area contributed by atoms with Crippen LogP contribution >= 0.6 is 0 Å². The maximum atomic E-state index is 11.2. The number of rotatable bonds is 7. The quantitative estimate of drug-likeness (QED) is 0.748. The van der Waals surface area contributed by atoms with Crippen LogP contribution in [0.25, 0.3) is 0 Å². The number of anilines is 1. The van der Waals surface area contributed by atoms with Crippen LogP contribution in [0.4, 0.5) is 5.82 Å². The van der Waals surface area contributed by atoms with Gasteiger partial charge in [0.1, 0.15) is 18.2 Å². The van der Waals surface area contributed by atoms with Gasteiger partial charge in [-0.15, -0.1) is 0 Å². The zero-order chi connectivity index (χ0) is 21.0. The molecule has 7 nitrogen and oxygen atoms in total. The van der Waals surface area contributed by atoms with Crippen LogP contribution in [0.3, 0.4) is 0 Å². The fraction of sp³-hybridized carbons (Fsp3) is 0.478. The van der Waals surface area contributed by atoms with Crippen molar-refractivity contribution in [3.8, 4) is 5.75 Å². The van der Waals surface area contributed by atoms with Gasteiger partial charge < -0.3 is 24.2 Å². The Morgan fingerprint density at radius 2 is 2.00 bits per heavy atom. The average molecular weight is 412 g/mol. The number of aromatic nitrogens is 1. The molecule has 0 bridgehead atoms. The van der Waals surface area contributed by atoms with Gasteiger partial charge in [-0.05, 0) is 49.1 Å². The van der Waals surface area contributed by atoms with E-state index < -0.39 is 11.8 Å². The molecule has 2 aliphatic heterocycles. The molecule has 7 heteroatoms. The Balaban J connectivity index is 1.27. The average Bonchev–Trinajstić information content (AvgIpc) is 3.24. The summed E-state index contributed by atoms with van der Waals surface area (Å²) in [7, 11) is 0. The predicted octanol–water partition coefficient (Wildman–Crippen LogP) is 3.14. The van der Waals surface area contributed by atoms with Crippen molar-refractivity contribution in [1.29, 1.82) is 0 Å². The van der Waals surface area contributed by atoms with Gasteiger partial charge in [0.2, 0.25) is 0 Å². The van der Waals surface area contributed by atoms with Crippen LogP contribution in [0, 0.1) is 5.92 Å². The molecule has 0 radical (unpaired) electrons. The molecule has 0 aliphatic carbocycles. The van der Waals surface area contributed by atoms with Crippen LogP contribution in [-0.2, 0) is 20.7 Å². The number of carboxylic acid groups (broad SMARTS) is 1. The lowest BCUT2D eigenvalue weighted by Crippen LogP contribution is -2.48. The number of benzene rings is 1. The van der Waals surface area contributed by atoms with E-state index in [2.05, 4.69) is 9.88 Å². The molecule has 160 valence electrons. The first kappa shape index (κ1) is 20.6. The minimum atomic E-state index is -1.53. The van der Waals surface area contributed by atoms with Gasteiger partial charge in [0.25, 0.3) is 5.79 Å². The second kappa shape index (κ2) is 9.02. The number of hydrogen-bond donors (Lipinski definition) is 1. The van der Waals surface area contributed by atoms with Gasteiger partial charge in [-0.2, -0.15) is 0 Å². The molecule has 2 aromatic rings. The van der Waals surface area contributed by atoms with Gasteiger partial charge in [0.15, 0.2) is 0 Å². The molecule has 2 saturated heterocycles. The molecule has 2 fully saturated rings. The lowest BCUT2D eigenvalue weighted by Gasteiger charge is -2.34. The van der Waals surface area contributed by atoms with Gasteiger partial charge in [-0.1, -0.05) is 18.2 Å². The summed E-state index contributed by atoms with van der Waals surface area (Å²) in [6.07, 6.45) is 4.85. The van der Waals surface area contributed by atoms with E-state index in [9.17, 15) is 4.79 Å². The molecular formula is C23H28N2O5. The highest BCUT2D eigenvalue weighted by molar-refractivity contribution is 5.75. The highest BCUT2D eigenvalue weighted by Gasteiger charge is 2.40. The largest absolute Gasteiger partial charge is 0.491 e. The standard InChI is InChI=1S/C23H28N2O5/c1-23(22(26)27)29-14-18(15-30-23)13-17-7-9-20(10-8-17)28-16-19-5-4-12-25(19)21-6-2-3-11-24-21/h2-3,6-11,18-19H,4-5,12-16H2,1H3,(H,26,27). The van der Waals surface area contributed by atoms with Crippen molar-refractivity contribution < 1.29 is 24.1 Å². The summed E-state index contributed by atoms with van der Waals surface area (Å²) in [6.45, 7) is 3.82. The summed E-state index contributed by atoms with van der Waals surface area (Å²) >= 11 is 0. The summed E-state index contributed by atoms with van der Waals surface area (Å²) < 4.78 is 16.9. The van der Waals surface area contributed by atoms with Gasteiger partial charge in [-0.3, -0.25) is 0 Å². The Kier molecular flexibility index (Phi) is 6.20. The second-order valence-corrected chi connectivity index (χ2v) is 8.08. The van der Waals surface area contributed by atoms with Crippen molar-refractivity contribution >= 4 is 11.8 Å². The molecule has 3 heterocycles. The van der Waals surface area contributed by atoms with Crippen LogP contribution < -0.4 is 9.64 Å². The van der Waals surface area contributed by atoms with Gasteiger partial charge in [-0.25, -0.2) is 9.78 Å². The third kappa shape index (κ3) is 4.74. The fourth-order valence-corrected chi connectivity index (χ4v) is 3.97. The number of nitrogens with zero attached hydrogens (tertiary/aromatic N) is 2. The first-order chi connectivity index (χ1) is 14.5. The first-order valence-corrected chi connectivity index (χ1v) is 10.4. The lowest BCUT2D eigenvalue weighted by molar-refractivity contribution is -0.270. The second-order valence-electron chi connectivity index (χ2n) is 8.08. The van der Waals surface area contributed by atoms with Crippen LogP contribution in [0.5, 0.6) is 5.75 Å². The summed E-state index contributed by atoms with van der Waals surface area (Å²) in [4.78, 5) is 18.0. The number of carbonyl (C=O) groups is 1. The van der Waals surface area contributed by atoms with Gasteiger partial charge in [0.05, 0.1) is 19.3 Å². The van der Waals surface area contributed by atoms with E-state index in [1.807, 2.05) is 48.7 Å². The van der Waals surface area contributed by atoms with E-state index in [-0.39, 0.29) is 5.92 Å². The zero-order valence-corrected chi connectivity index (χ0v) is 17.2. The highest BCUT2D eigenvalue weighted by atomic mass is 16.7. The summed E-state index contributed by atoms with van der Waals surface area (Å²) in [5.41, 5.74) is 1.15.